The first-order valence-corrected chi connectivity index (χ1v) is 6.72. The Labute approximate surface area is 110 Å². The molecule has 1 aliphatic rings. The van der Waals surface area contributed by atoms with Gasteiger partial charge in [0.1, 0.15) is 5.82 Å². The molecule has 0 saturated heterocycles. The van der Waals surface area contributed by atoms with Crippen LogP contribution in [0.3, 0.4) is 0 Å². The maximum absolute atomic E-state index is 13.1. The van der Waals surface area contributed by atoms with Gasteiger partial charge in [-0.15, -0.1) is 0 Å². The monoisotopic (exact) mass is 249 g/mol. The zero-order valence-electron chi connectivity index (χ0n) is 12.1. The Kier molecular flexibility index (Phi) is 3.26. The molecule has 2 rings (SSSR count). The molecule has 0 heterocycles. The van der Waals surface area contributed by atoms with Crippen molar-refractivity contribution in [1.29, 1.82) is 0 Å². The minimum atomic E-state index is -0.122. The van der Waals surface area contributed by atoms with Crippen molar-refractivity contribution in [2.45, 2.75) is 41.2 Å². The Morgan fingerprint density at radius 1 is 1.17 bits per heavy atom. The van der Waals surface area contributed by atoms with Crippen molar-refractivity contribution in [3.8, 4) is 0 Å². The molecule has 0 aromatic heterocycles. The van der Waals surface area contributed by atoms with E-state index in [-0.39, 0.29) is 5.82 Å². The van der Waals surface area contributed by atoms with Crippen molar-refractivity contribution in [1.82, 2.24) is 5.32 Å². The molecule has 1 aromatic rings. The predicted octanol–water partition coefficient (Wildman–Crippen LogP) is 3.91. The van der Waals surface area contributed by atoms with Gasteiger partial charge in [0, 0.05) is 6.54 Å². The zero-order valence-corrected chi connectivity index (χ0v) is 12.1. The lowest BCUT2D eigenvalue weighted by molar-refractivity contribution is 0.457. The first kappa shape index (κ1) is 13.5. The molecule has 100 valence electrons. The van der Waals surface area contributed by atoms with Crippen LogP contribution in [0.4, 0.5) is 4.39 Å². The number of benzene rings is 1. The number of hydrogen-bond acceptors (Lipinski definition) is 1. The van der Waals surface area contributed by atoms with Gasteiger partial charge in [0.05, 0.1) is 0 Å². The average molecular weight is 249 g/mol. The molecule has 0 radical (unpaired) electrons. The van der Waals surface area contributed by atoms with Gasteiger partial charge in [0.2, 0.25) is 0 Å². The molecular weight excluding hydrogens is 225 g/mol. The number of aryl methyl sites for hydroxylation is 1. The summed E-state index contributed by atoms with van der Waals surface area (Å²) in [6.45, 7) is 13.0. The first-order chi connectivity index (χ1) is 8.26. The van der Waals surface area contributed by atoms with Crippen LogP contribution in [0.5, 0.6) is 0 Å². The normalized spacial score (nSPS) is 21.0. The third-order valence-electron chi connectivity index (χ3n) is 5.22. The van der Waals surface area contributed by atoms with Crippen LogP contribution in [0.2, 0.25) is 0 Å². The minimum absolute atomic E-state index is 0.122. The molecular formula is C16H24FN. The molecule has 0 bridgehead atoms. The molecule has 1 saturated carbocycles. The van der Waals surface area contributed by atoms with E-state index in [0.717, 1.165) is 30.1 Å². The molecule has 1 aromatic carbocycles. The summed E-state index contributed by atoms with van der Waals surface area (Å²) >= 11 is 0. The van der Waals surface area contributed by atoms with Crippen LogP contribution in [0.25, 0.3) is 0 Å². The lowest BCUT2D eigenvalue weighted by Gasteiger charge is -2.07. The van der Waals surface area contributed by atoms with Crippen LogP contribution in [0, 0.1) is 29.5 Å². The van der Waals surface area contributed by atoms with Crippen molar-refractivity contribution in [3.63, 3.8) is 0 Å². The van der Waals surface area contributed by atoms with E-state index in [1.165, 1.54) is 0 Å². The van der Waals surface area contributed by atoms with E-state index in [1.54, 1.807) is 6.07 Å². The van der Waals surface area contributed by atoms with E-state index in [2.05, 4.69) is 33.0 Å². The van der Waals surface area contributed by atoms with Crippen LogP contribution in [0.15, 0.2) is 18.2 Å². The van der Waals surface area contributed by atoms with E-state index in [1.807, 2.05) is 19.1 Å². The molecule has 0 unspecified atom stereocenters. The summed E-state index contributed by atoms with van der Waals surface area (Å²) in [7, 11) is 0. The largest absolute Gasteiger partial charge is 0.312 e. The molecule has 1 nitrogen and oxygen atoms in total. The fourth-order valence-corrected chi connectivity index (χ4v) is 3.02. The van der Waals surface area contributed by atoms with E-state index in [9.17, 15) is 4.39 Å². The fourth-order valence-electron chi connectivity index (χ4n) is 3.02. The van der Waals surface area contributed by atoms with Gasteiger partial charge < -0.3 is 5.32 Å². The van der Waals surface area contributed by atoms with E-state index >= 15 is 0 Å². The summed E-state index contributed by atoms with van der Waals surface area (Å²) in [6, 6.07) is 5.33. The van der Waals surface area contributed by atoms with Crippen molar-refractivity contribution in [3.05, 3.63) is 35.1 Å². The maximum Gasteiger partial charge on any atom is 0.126 e. The molecule has 1 aliphatic carbocycles. The average Bonchev–Trinajstić information content (AvgIpc) is 2.65. The Morgan fingerprint density at radius 2 is 1.78 bits per heavy atom. The van der Waals surface area contributed by atoms with E-state index < -0.39 is 0 Å². The van der Waals surface area contributed by atoms with Gasteiger partial charge in [-0.1, -0.05) is 39.8 Å². The lowest BCUT2D eigenvalue weighted by atomic mass is 10.0. The van der Waals surface area contributed by atoms with Gasteiger partial charge in [-0.3, -0.25) is 0 Å². The molecule has 0 aliphatic heterocycles. The first-order valence-electron chi connectivity index (χ1n) is 6.72. The van der Waals surface area contributed by atoms with Crippen molar-refractivity contribution >= 4 is 0 Å². The Morgan fingerprint density at radius 3 is 2.28 bits per heavy atom. The minimum Gasteiger partial charge on any atom is -0.312 e. The smallest absolute Gasteiger partial charge is 0.126 e. The Hall–Kier alpha value is -0.890. The highest BCUT2D eigenvalue weighted by molar-refractivity contribution is 5.24. The molecule has 0 amide bonds. The number of hydrogen-bond donors (Lipinski definition) is 1. The van der Waals surface area contributed by atoms with Crippen LogP contribution in [-0.4, -0.2) is 6.54 Å². The van der Waals surface area contributed by atoms with Crippen LogP contribution in [0.1, 0.15) is 38.8 Å². The maximum atomic E-state index is 13.1. The molecule has 0 spiro atoms. The SMILES string of the molecule is Cc1cc(CNCC2C(C)(C)C2(C)C)ccc1F. The van der Waals surface area contributed by atoms with E-state index in [4.69, 9.17) is 0 Å². The molecule has 2 heteroatoms. The number of nitrogens with one attached hydrogen (secondary N) is 1. The van der Waals surface area contributed by atoms with Crippen molar-refractivity contribution in [2.75, 3.05) is 6.54 Å². The summed E-state index contributed by atoms with van der Waals surface area (Å²) < 4.78 is 13.1. The van der Waals surface area contributed by atoms with Gasteiger partial charge in [-0.25, -0.2) is 4.39 Å². The number of halogens is 1. The highest BCUT2D eigenvalue weighted by atomic mass is 19.1. The zero-order chi connectivity index (χ0) is 13.6. The summed E-state index contributed by atoms with van der Waals surface area (Å²) in [6.07, 6.45) is 0. The highest BCUT2D eigenvalue weighted by Crippen LogP contribution is 2.67. The second kappa shape index (κ2) is 4.34. The van der Waals surface area contributed by atoms with Gasteiger partial charge in [-0.05, 0) is 47.4 Å². The predicted molar refractivity (Wildman–Crippen MR) is 73.9 cm³/mol. The quantitative estimate of drug-likeness (QED) is 0.853. The fraction of sp³-hybridized carbons (Fsp3) is 0.625. The molecule has 18 heavy (non-hydrogen) atoms. The summed E-state index contributed by atoms with van der Waals surface area (Å²) in [5, 5.41) is 3.50. The summed E-state index contributed by atoms with van der Waals surface area (Å²) in [5.74, 6) is 0.606. The third-order valence-corrected chi connectivity index (χ3v) is 5.22. The lowest BCUT2D eigenvalue weighted by Crippen LogP contribution is -2.18. The van der Waals surface area contributed by atoms with Gasteiger partial charge in [0.15, 0.2) is 0 Å². The van der Waals surface area contributed by atoms with Gasteiger partial charge in [-0.2, -0.15) is 0 Å². The number of rotatable bonds is 4. The van der Waals surface area contributed by atoms with Gasteiger partial charge in [0.25, 0.3) is 0 Å². The Bertz CT molecular complexity index is 434. The van der Waals surface area contributed by atoms with Crippen molar-refractivity contribution in [2.24, 2.45) is 16.7 Å². The molecule has 0 atom stereocenters. The highest BCUT2D eigenvalue weighted by Gasteiger charge is 2.63. The second-order valence-corrected chi connectivity index (χ2v) is 6.71. The summed E-state index contributed by atoms with van der Waals surface area (Å²) in [4.78, 5) is 0. The van der Waals surface area contributed by atoms with Crippen LogP contribution < -0.4 is 5.32 Å². The molecule has 1 fully saturated rings. The van der Waals surface area contributed by atoms with E-state index in [0.29, 0.717) is 10.8 Å². The van der Waals surface area contributed by atoms with Crippen LogP contribution >= 0.6 is 0 Å². The third kappa shape index (κ3) is 2.18. The summed E-state index contributed by atoms with van der Waals surface area (Å²) in [5.41, 5.74) is 2.74. The topological polar surface area (TPSA) is 12.0 Å². The van der Waals surface area contributed by atoms with Crippen LogP contribution in [-0.2, 0) is 6.54 Å². The van der Waals surface area contributed by atoms with Crippen molar-refractivity contribution < 1.29 is 4.39 Å². The second-order valence-electron chi connectivity index (χ2n) is 6.71. The standard InChI is InChI=1S/C16H24FN/c1-11-8-12(6-7-13(11)17)9-18-10-14-15(2,3)16(14,4)5/h6-8,14,18H,9-10H2,1-5H3. The Balaban J connectivity index is 1.85. The van der Waals surface area contributed by atoms with Gasteiger partial charge >= 0.3 is 0 Å². The molecule has 1 N–H and O–H groups in total.